The van der Waals surface area contributed by atoms with Crippen LogP contribution < -0.4 is 4.74 Å². The van der Waals surface area contributed by atoms with Crippen molar-refractivity contribution in [2.45, 2.75) is 19.4 Å². The smallest absolute Gasteiger partial charge is 0.254 e. The molecule has 4 atom stereocenters. The van der Waals surface area contributed by atoms with E-state index in [1.807, 2.05) is 24.3 Å². The molecule has 35 heavy (non-hydrogen) atoms. The fraction of sp³-hybridized carbons (Fsp3) is 0.250. The van der Waals surface area contributed by atoms with E-state index in [-0.39, 0.29) is 35.5 Å². The standard InChI is InChI=1S/C28H22I2N2O3/c29-22-12-16(14-31-32-27(33)24-18-8-9-19(11-10-18)25(24)28(32)34)13-23(30)26(22)35-15-20-6-3-5-17-4-1-2-7-21(17)20/h1-9,12-14,18-19,24-25H,10-11,15H2/b31-14-/t18-,19+,24-,25-/m0/s1. The van der Waals surface area contributed by atoms with Crippen molar-refractivity contribution in [3.63, 3.8) is 0 Å². The van der Waals surface area contributed by atoms with Crippen molar-refractivity contribution in [1.82, 2.24) is 5.01 Å². The number of halogens is 2. The zero-order chi connectivity index (χ0) is 24.1. The number of rotatable bonds is 5. The van der Waals surface area contributed by atoms with Gasteiger partial charge in [0.2, 0.25) is 0 Å². The van der Waals surface area contributed by atoms with Gasteiger partial charge in [-0.25, -0.2) is 0 Å². The summed E-state index contributed by atoms with van der Waals surface area (Å²) in [5.41, 5.74) is 1.96. The molecule has 7 heteroatoms. The largest absolute Gasteiger partial charge is 0.487 e. The lowest BCUT2D eigenvalue weighted by Crippen LogP contribution is -2.38. The topological polar surface area (TPSA) is 59.0 Å². The Labute approximate surface area is 230 Å². The van der Waals surface area contributed by atoms with E-state index in [0.717, 1.165) is 41.9 Å². The third kappa shape index (κ3) is 4.10. The predicted octanol–water partition coefficient (Wildman–Crippen LogP) is 6.16. The predicted molar refractivity (Wildman–Crippen MR) is 152 cm³/mol. The summed E-state index contributed by atoms with van der Waals surface area (Å²) in [6.07, 6.45) is 7.82. The van der Waals surface area contributed by atoms with Crippen LogP contribution in [0.5, 0.6) is 5.75 Å². The lowest BCUT2D eigenvalue weighted by Gasteiger charge is -2.37. The van der Waals surface area contributed by atoms with Crippen LogP contribution in [0.3, 0.4) is 0 Å². The van der Waals surface area contributed by atoms with Gasteiger partial charge in [0.15, 0.2) is 0 Å². The summed E-state index contributed by atoms with van der Waals surface area (Å²) in [5.74, 6) is 0.355. The van der Waals surface area contributed by atoms with E-state index in [1.54, 1.807) is 6.21 Å². The minimum Gasteiger partial charge on any atom is -0.487 e. The van der Waals surface area contributed by atoms with Crippen molar-refractivity contribution in [1.29, 1.82) is 0 Å². The van der Waals surface area contributed by atoms with Gasteiger partial charge >= 0.3 is 0 Å². The van der Waals surface area contributed by atoms with E-state index in [9.17, 15) is 9.59 Å². The molecule has 3 aromatic rings. The number of benzene rings is 3. The van der Waals surface area contributed by atoms with Crippen molar-refractivity contribution < 1.29 is 14.3 Å². The Bertz CT molecular complexity index is 1360. The Balaban J connectivity index is 1.20. The fourth-order valence-electron chi connectivity index (χ4n) is 5.66. The third-order valence-corrected chi connectivity index (χ3v) is 8.93. The van der Waals surface area contributed by atoms with E-state index < -0.39 is 0 Å². The van der Waals surface area contributed by atoms with E-state index in [0.29, 0.717) is 6.61 Å². The minimum atomic E-state index is -0.242. The second-order valence-electron chi connectivity index (χ2n) is 9.31. The van der Waals surface area contributed by atoms with Crippen LogP contribution in [-0.4, -0.2) is 23.0 Å². The highest BCUT2D eigenvalue weighted by molar-refractivity contribution is 14.1. The number of imide groups is 1. The summed E-state index contributed by atoms with van der Waals surface area (Å²) < 4.78 is 8.14. The maximum Gasteiger partial charge on any atom is 0.254 e. The van der Waals surface area contributed by atoms with Crippen LogP contribution in [0.25, 0.3) is 10.8 Å². The summed E-state index contributed by atoms with van der Waals surface area (Å²) >= 11 is 4.52. The van der Waals surface area contributed by atoms with Crippen LogP contribution in [-0.2, 0) is 16.2 Å². The molecule has 4 aliphatic rings. The molecule has 3 aromatic carbocycles. The summed E-state index contributed by atoms with van der Waals surface area (Å²) in [5, 5.41) is 7.84. The molecule has 2 amide bonds. The number of hydrazone groups is 1. The van der Waals surface area contributed by atoms with E-state index in [4.69, 9.17) is 4.74 Å². The second-order valence-corrected chi connectivity index (χ2v) is 11.6. The van der Waals surface area contributed by atoms with Gasteiger partial charge in [-0.05, 0) is 104 Å². The number of hydrogen-bond donors (Lipinski definition) is 0. The van der Waals surface area contributed by atoms with Crippen LogP contribution in [0.2, 0.25) is 0 Å². The molecule has 0 unspecified atom stereocenters. The van der Waals surface area contributed by atoms with Gasteiger partial charge in [-0.3, -0.25) is 9.59 Å². The molecule has 1 saturated heterocycles. The highest BCUT2D eigenvalue weighted by Crippen LogP contribution is 2.49. The van der Waals surface area contributed by atoms with Crippen LogP contribution in [0, 0.1) is 30.8 Å². The maximum atomic E-state index is 13.0. The van der Waals surface area contributed by atoms with E-state index >= 15 is 0 Å². The lowest BCUT2D eigenvalue weighted by molar-refractivity contribution is -0.140. The van der Waals surface area contributed by atoms with Crippen molar-refractivity contribution >= 4 is 74.0 Å². The first-order chi connectivity index (χ1) is 17.0. The molecule has 5 nitrogen and oxygen atoms in total. The maximum absolute atomic E-state index is 13.0. The van der Waals surface area contributed by atoms with Gasteiger partial charge in [-0.1, -0.05) is 54.6 Å². The Kier molecular flexibility index (Phi) is 6.16. The molecule has 0 spiro atoms. The minimum absolute atomic E-state index is 0.158. The molecular formula is C28H22I2N2O3. The van der Waals surface area contributed by atoms with Gasteiger partial charge in [-0.15, -0.1) is 0 Å². The molecule has 1 heterocycles. The highest BCUT2D eigenvalue weighted by Gasteiger charge is 2.56. The summed E-state index contributed by atoms with van der Waals surface area (Å²) in [7, 11) is 0. The van der Waals surface area contributed by atoms with Gasteiger partial charge in [-0.2, -0.15) is 10.1 Å². The monoisotopic (exact) mass is 688 g/mol. The fourth-order valence-corrected chi connectivity index (χ4v) is 7.78. The number of fused-ring (bicyclic) bond motifs is 2. The number of carbonyl (C=O) groups is 2. The Morgan fingerprint density at radius 2 is 1.54 bits per heavy atom. The van der Waals surface area contributed by atoms with Crippen LogP contribution in [0.1, 0.15) is 24.0 Å². The number of ether oxygens (including phenoxy) is 1. The molecule has 176 valence electrons. The number of allylic oxidation sites excluding steroid dienone is 2. The molecule has 3 aliphatic carbocycles. The molecular weight excluding hydrogens is 666 g/mol. The normalized spacial score (nSPS) is 25.1. The number of carbonyl (C=O) groups excluding carboxylic acids is 2. The van der Waals surface area contributed by atoms with Crippen LogP contribution >= 0.6 is 45.2 Å². The van der Waals surface area contributed by atoms with Crippen LogP contribution in [0.4, 0.5) is 0 Å². The molecule has 1 saturated carbocycles. The van der Waals surface area contributed by atoms with Gasteiger partial charge < -0.3 is 4.74 Å². The Hall–Kier alpha value is -2.27. The van der Waals surface area contributed by atoms with Gasteiger partial charge in [0, 0.05) is 0 Å². The molecule has 2 fully saturated rings. The molecule has 0 radical (unpaired) electrons. The second kappa shape index (κ2) is 9.31. The van der Waals surface area contributed by atoms with E-state index in [1.165, 1.54) is 10.8 Å². The zero-order valence-corrected chi connectivity index (χ0v) is 23.0. The summed E-state index contributed by atoms with van der Waals surface area (Å²) in [6.45, 7) is 0.469. The van der Waals surface area contributed by atoms with Crippen molar-refractivity contribution in [3.8, 4) is 5.75 Å². The average Bonchev–Trinajstić information content (AvgIpc) is 3.14. The summed E-state index contributed by atoms with van der Waals surface area (Å²) in [4.78, 5) is 26.0. The van der Waals surface area contributed by atoms with E-state index in [2.05, 4.69) is 92.8 Å². The Morgan fingerprint density at radius 1 is 0.914 bits per heavy atom. The SMILES string of the molecule is O=C1[C@@H]2[C@@H](C(=O)N1/N=C\c1cc(I)c(OCc3cccc4ccccc34)c(I)c1)[C@H]1C=C[C@@H]2CC1. The van der Waals surface area contributed by atoms with Crippen molar-refractivity contribution in [3.05, 3.63) is 85.0 Å². The van der Waals surface area contributed by atoms with Gasteiger partial charge in [0.05, 0.1) is 25.2 Å². The molecule has 1 aliphatic heterocycles. The van der Waals surface area contributed by atoms with Gasteiger partial charge in [0.25, 0.3) is 11.8 Å². The zero-order valence-electron chi connectivity index (χ0n) is 18.7. The Morgan fingerprint density at radius 3 is 2.20 bits per heavy atom. The van der Waals surface area contributed by atoms with Crippen molar-refractivity contribution in [2.75, 3.05) is 0 Å². The number of hydrogen-bond acceptors (Lipinski definition) is 4. The molecule has 7 rings (SSSR count). The third-order valence-electron chi connectivity index (χ3n) is 7.33. The highest BCUT2D eigenvalue weighted by atomic mass is 127. The summed E-state index contributed by atoms with van der Waals surface area (Å²) in [6, 6.07) is 18.5. The van der Waals surface area contributed by atoms with Crippen LogP contribution in [0.15, 0.2) is 71.9 Å². The quantitative estimate of drug-likeness (QED) is 0.140. The van der Waals surface area contributed by atoms with Gasteiger partial charge in [0.1, 0.15) is 12.4 Å². The van der Waals surface area contributed by atoms with Crippen molar-refractivity contribution in [2.24, 2.45) is 28.8 Å². The molecule has 0 aromatic heterocycles. The number of amides is 2. The molecule has 2 bridgehead atoms. The first-order valence-corrected chi connectivity index (χ1v) is 13.9. The molecule has 0 N–H and O–H groups in total. The number of nitrogens with zero attached hydrogens (tertiary/aromatic N) is 2. The average molecular weight is 688 g/mol. The lowest BCUT2D eigenvalue weighted by atomic mass is 9.63. The first-order valence-electron chi connectivity index (χ1n) is 11.7. The first kappa shape index (κ1) is 23.1.